The van der Waals surface area contributed by atoms with Gasteiger partial charge >= 0.3 is 0 Å². The first kappa shape index (κ1) is 28.1. The van der Waals surface area contributed by atoms with Gasteiger partial charge in [0.25, 0.3) is 5.91 Å². The van der Waals surface area contributed by atoms with Gasteiger partial charge in [0.2, 0.25) is 0 Å². The second-order valence-electron chi connectivity index (χ2n) is 13.4. The lowest BCUT2D eigenvalue weighted by molar-refractivity contribution is -0.131. The average molecular weight is 675 g/mol. The van der Waals surface area contributed by atoms with Gasteiger partial charge in [0.15, 0.2) is 5.82 Å². The van der Waals surface area contributed by atoms with Gasteiger partial charge < -0.3 is 0 Å². The fourth-order valence-corrected chi connectivity index (χ4v) is 7.79. The van der Waals surface area contributed by atoms with E-state index in [-0.39, 0.29) is 47.7 Å². The predicted molar refractivity (Wildman–Crippen MR) is 202 cm³/mol. The van der Waals surface area contributed by atoms with Crippen molar-refractivity contribution in [2.24, 2.45) is 4.99 Å². The number of tetrazole rings is 1. The Balaban J connectivity index is 1.28. The molecule has 2 aliphatic rings. The van der Waals surface area contributed by atoms with Gasteiger partial charge in [-0.25, -0.2) is 4.68 Å². The third-order valence-electron chi connectivity index (χ3n) is 10.3. The summed E-state index contributed by atoms with van der Waals surface area (Å²) in [7, 11) is 0. The van der Waals surface area contributed by atoms with E-state index >= 15 is 0 Å². The first-order valence-corrected chi connectivity index (χ1v) is 17.9. The van der Waals surface area contributed by atoms with Crippen LogP contribution in [-0.2, 0) is 16.9 Å². The molecule has 1 saturated carbocycles. The number of amidine groups is 1. The molecular formula is C44H42N6O. The number of hydrogen-bond acceptors (Lipinski definition) is 5. The molecule has 1 aliphatic carbocycles. The summed E-state index contributed by atoms with van der Waals surface area (Å²) in [4.78, 5) is 20.6. The van der Waals surface area contributed by atoms with Crippen LogP contribution in [0.4, 0.5) is 0 Å². The van der Waals surface area contributed by atoms with Crippen LogP contribution in [0.25, 0.3) is 22.5 Å². The first-order chi connectivity index (χ1) is 26.8. The van der Waals surface area contributed by atoms with Gasteiger partial charge in [-0.15, -0.1) is 5.10 Å². The molecule has 0 unspecified atom stereocenters. The molecule has 7 nitrogen and oxygen atoms in total. The summed E-state index contributed by atoms with van der Waals surface area (Å²) in [5.74, 6) is 0.980. The first-order valence-electron chi connectivity index (χ1n) is 19.9. The molecule has 51 heavy (non-hydrogen) atoms. The summed E-state index contributed by atoms with van der Waals surface area (Å²) in [5.41, 5.74) is 2.26. The van der Waals surface area contributed by atoms with Gasteiger partial charge in [-0.1, -0.05) is 166 Å². The lowest BCUT2D eigenvalue weighted by Gasteiger charge is -2.36. The van der Waals surface area contributed by atoms with Crippen LogP contribution >= 0.6 is 0 Å². The molecule has 0 radical (unpaired) electrons. The van der Waals surface area contributed by atoms with E-state index in [9.17, 15) is 10.3 Å². The molecule has 0 N–H and O–H groups in total. The molecule has 5 aromatic carbocycles. The minimum absolute atomic E-state index is 0.0630. The Morgan fingerprint density at radius 2 is 1.29 bits per heavy atom. The van der Waals surface area contributed by atoms with Crippen molar-refractivity contribution in [1.29, 1.82) is 0 Å². The minimum Gasteiger partial charge on any atom is -0.294 e. The lowest BCUT2D eigenvalue weighted by Crippen LogP contribution is -2.40. The molecule has 0 saturated heterocycles. The topological polar surface area (TPSA) is 76.3 Å². The van der Waals surface area contributed by atoms with Crippen LogP contribution in [0, 0.1) is 0 Å². The third kappa shape index (κ3) is 5.76. The van der Waals surface area contributed by atoms with Crippen molar-refractivity contribution >= 4 is 11.7 Å². The SMILES string of the molecule is [2H]c1c([2H])c(-c2ccccc2-c2nnnn2C(c2ccccc2)(c2ccccc2)c2ccccc2)c([2H])c([2H])c1CN1C(=O)C2(CCCC2)N=C1CCCC. The second kappa shape index (κ2) is 13.9. The monoisotopic (exact) mass is 674 g/mol. The Bertz CT molecular complexity index is 2250. The van der Waals surface area contributed by atoms with E-state index in [1.54, 1.807) is 15.6 Å². The van der Waals surface area contributed by atoms with Crippen molar-refractivity contribution in [3.8, 4) is 22.5 Å². The number of hydrogen-bond donors (Lipinski definition) is 0. The summed E-state index contributed by atoms with van der Waals surface area (Å²) in [6.45, 7) is 2.03. The molecule has 0 atom stereocenters. The Hall–Kier alpha value is -5.69. The quantitative estimate of drug-likeness (QED) is 0.129. The molecule has 1 amide bonds. The van der Waals surface area contributed by atoms with Crippen molar-refractivity contribution in [3.05, 3.63) is 162 Å². The van der Waals surface area contributed by atoms with E-state index in [0.717, 1.165) is 42.4 Å². The number of amides is 1. The number of aliphatic imine (C=N–C) groups is 1. The molecule has 1 spiro atoms. The van der Waals surface area contributed by atoms with Crippen LogP contribution in [0.5, 0.6) is 0 Å². The summed E-state index contributed by atoms with van der Waals surface area (Å²) in [5, 5.41) is 13.5. The van der Waals surface area contributed by atoms with E-state index in [1.165, 1.54) is 0 Å². The van der Waals surface area contributed by atoms with Crippen LogP contribution in [0.1, 0.15) is 79.6 Å². The maximum absolute atomic E-state index is 14.0. The molecule has 8 rings (SSSR count). The average Bonchev–Trinajstić information content (AvgIpc) is 3.97. The van der Waals surface area contributed by atoms with Crippen LogP contribution < -0.4 is 0 Å². The number of carbonyl (C=O) groups is 1. The fourth-order valence-electron chi connectivity index (χ4n) is 7.79. The summed E-state index contributed by atoms with van der Waals surface area (Å²) in [6, 6.07) is 36.7. The zero-order valence-corrected chi connectivity index (χ0v) is 28.7. The van der Waals surface area contributed by atoms with E-state index in [1.807, 2.05) is 72.8 Å². The van der Waals surface area contributed by atoms with Crippen molar-refractivity contribution in [2.75, 3.05) is 0 Å². The Labute approximate surface area is 305 Å². The van der Waals surface area contributed by atoms with Crippen molar-refractivity contribution in [3.63, 3.8) is 0 Å². The van der Waals surface area contributed by atoms with Gasteiger partial charge in [0.1, 0.15) is 16.9 Å². The number of rotatable bonds is 11. The van der Waals surface area contributed by atoms with Gasteiger partial charge in [0, 0.05) is 12.0 Å². The lowest BCUT2D eigenvalue weighted by atomic mass is 9.77. The molecule has 6 aromatic rings. The van der Waals surface area contributed by atoms with E-state index in [0.29, 0.717) is 42.0 Å². The van der Waals surface area contributed by atoms with Crippen LogP contribution in [-0.4, -0.2) is 42.4 Å². The number of benzene rings is 5. The zero-order valence-electron chi connectivity index (χ0n) is 32.7. The highest BCUT2D eigenvalue weighted by Crippen LogP contribution is 2.44. The van der Waals surface area contributed by atoms with Gasteiger partial charge in [-0.05, 0) is 63.1 Å². The normalized spacial score (nSPS) is 16.5. The fraction of sp³-hybridized carbons (Fsp3) is 0.250. The molecule has 0 bridgehead atoms. The number of nitrogens with zero attached hydrogens (tertiary/aromatic N) is 6. The molecule has 254 valence electrons. The van der Waals surface area contributed by atoms with E-state index in [2.05, 4.69) is 58.8 Å². The number of aromatic nitrogens is 4. The highest BCUT2D eigenvalue weighted by atomic mass is 16.2. The second-order valence-corrected chi connectivity index (χ2v) is 13.4. The van der Waals surface area contributed by atoms with Crippen LogP contribution in [0.3, 0.4) is 0 Å². The summed E-state index contributed by atoms with van der Waals surface area (Å²) >= 11 is 0. The Morgan fingerprint density at radius 3 is 1.86 bits per heavy atom. The molecule has 1 fully saturated rings. The molecular weight excluding hydrogens is 629 g/mol. The Morgan fingerprint density at radius 1 is 0.745 bits per heavy atom. The van der Waals surface area contributed by atoms with Gasteiger partial charge in [-0.3, -0.25) is 14.7 Å². The third-order valence-corrected chi connectivity index (χ3v) is 10.3. The minimum atomic E-state index is -1.04. The predicted octanol–water partition coefficient (Wildman–Crippen LogP) is 9.09. The van der Waals surface area contributed by atoms with Gasteiger partial charge in [0.05, 0.1) is 12.0 Å². The van der Waals surface area contributed by atoms with E-state index < -0.39 is 11.1 Å². The molecule has 1 aliphatic heterocycles. The Kier molecular flexibility index (Phi) is 7.65. The molecule has 7 heteroatoms. The zero-order chi connectivity index (χ0) is 38.2. The summed E-state index contributed by atoms with van der Waals surface area (Å²) < 4.78 is 39.1. The molecule has 2 heterocycles. The highest BCUT2D eigenvalue weighted by Gasteiger charge is 2.49. The largest absolute Gasteiger partial charge is 0.294 e. The molecule has 1 aromatic heterocycles. The maximum Gasteiger partial charge on any atom is 0.256 e. The van der Waals surface area contributed by atoms with Crippen molar-refractivity contribution < 1.29 is 10.3 Å². The smallest absolute Gasteiger partial charge is 0.256 e. The van der Waals surface area contributed by atoms with Gasteiger partial charge in [-0.2, -0.15) is 0 Å². The van der Waals surface area contributed by atoms with Crippen LogP contribution in [0.15, 0.2) is 144 Å². The van der Waals surface area contributed by atoms with Crippen LogP contribution in [0.2, 0.25) is 0 Å². The maximum atomic E-state index is 14.0. The summed E-state index contributed by atoms with van der Waals surface area (Å²) in [6.07, 6.45) is 5.70. The van der Waals surface area contributed by atoms with E-state index in [4.69, 9.17) is 4.99 Å². The standard InChI is InChI=1S/C44H42N6O/c1-2-3-25-40-45-43(30-15-16-31-43)42(51)49(40)32-33-26-28-34(29-27-33)38-23-13-14-24-39(38)41-46-47-48-50(41)44(35-17-7-4-8-18-35,36-19-9-5-10-20-36)37-21-11-6-12-22-37/h4-14,17-24,26-29H,2-3,15-16,25,30-32H2,1H3/i26D,27D,28D,29D. The number of carbonyl (C=O) groups excluding carboxylic acids is 1. The highest BCUT2D eigenvalue weighted by molar-refractivity contribution is 6.08. The van der Waals surface area contributed by atoms with Crippen molar-refractivity contribution in [1.82, 2.24) is 25.1 Å². The number of unbranched alkanes of at least 4 members (excludes halogenated alkanes) is 1. The van der Waals surface area contributed by atoms with Crippen molar-refractivity contribution in [2.45, 2.75) is 69.5 Å².